The molecule has 1 N–H and O–H groups in total. The van der Waals surface area contributed by atoms with Crippen LogP contribution in [0.5, 0.6) is 0 Å². The highest BCUT2D eigenvalue weighted by atomic mass is 32.2. The number of fused-ring (bicyclic) bond motifs is 1. The molecule has 0 aliphatic heterocycles. The Balaban J connectivity index is 1.91. The second-order valence-electron chi connectivity index (χ2n) is 6.40. The predicted octanol–water partition coefficient (Wildman–Crippen LogP) is 4.25. The molecule has 0 fully saturated rings. The molecule has 0 radical (unpaired) electrons. The summed E-state index contributed by atoms with van der Waals surface area (Å²) in [6.45, 7) is 3.98. The molecular weight excluding hydrogens is 380 g/mol. The van der Waals surface area contributed by atoms with Crippen LogP contribution >= 0.6 is 11.3 Å². The number of benzene rings is 2. The van der Waals surface area contributed by atoms with Crippen molar-refractivity contribution in [2.75, 3.05) is 11.4 Å². The van der Waals surface area contributed by atoms with E-state index in [0.717, 1.165) is 16.5 Å². The van der Waals surface area contributed by atoms with E-state index in [-0.39, 0.29) is 16.8 Å². The number of sulfonamides is 1. The van der Waals surface area contributed by atoms with E-state index in [1.54, 1.807) is 42.5 Å². The first-order valence-electron chi connectivity index (χ1n) is 8.71. The SMILES string of the molecule is CC[C@H](C)NC(=O)c1cc2cc(N(C)S(=O)(=O)c3ccccc3)ccc2s1. The lowest BCUT2D eigenvalue weighted by atomic mass is 10.2. The maximum absolute atomic E-state index is 12.8. The van der Waals surface area contributed by atoms with Gasteiger partial charge in [0.1, 0.15) is 0 Å². The molecule has 1 atom stereocenters. The molecule has 0 unspecified atom stereocenters. The Labute approximate surface area is 163 Å². The van der Waals surface area contributed by atoms with Crippen molar-refractivity contribution >= 4 is 43.0 Å². The van der Waals surface area contributed by atoms with Crippen LogP contribution in [0.2, 0.25) is 0 Å². The van der Waals surface area contributed by atoms with Crippen molar-refractivity contribution in [1.82, 2.24) is 5.32 Å². The van der Waals surface area contributed by atoms with E-state index in [0.29, 0.717) is 10.6 Å². The van der Waals surface area contributed by atoms with Gasteiger partial charge in [-0.3, -0.25) is 9.10 Å². The van der Waals surface area contributed by atoms with E-state index in [1.165, 1.54) is 22.7 Å². The number of nitrogens with zero attached hydrogens (tertiary/aromatic N) is 1. The number of hydrogen-bond acceptors (Lipinski definition) is 4. The van der Waals surface area contributed by atoms with Gasteiger partial charge < -0.3 is 5.32 Å². The van der Waals surface area contributed by atoms with Gasteiger partial charge in [-0.1, -0.05) is 25.1 Å². The van der Waals surface area contributed by atoms with Crippen molar-refractivity contribution in [2.45, 2.75) is 31.2 Å². The highest BCUT2D eigenvalue weighted by Gasteiger charge is 2.21. The summed E-state index contributed by atoms with van der Waals surface area (Å²) < 4.78 is 27.8. The van der Waals surface area contributed by atoms with Crippen LogP contribution in [0, 0.1) is 0 Å². The maximum atomic E-state index is 12.8. The van der Waals surface area contributed by atoms with Crippen LogP contribution in [0.3, 0.4) is 0 Å². The molecule has 1 amide bonds. The Hall–Kier alpha value is -2.38. The Kier molecular flexibility index (Phi) is 5.53. The second-order valence-corrected chi connectivity index (χ2v) is 9.45. The minimum atomic E-state index is -3.63. The first-order chi connectivity index (χ1) is 12.8. The first-order valence-corrected chi connectivity index (χ1v) is 11.0. The Morgan fingerprint density at radius 1 is 1.15 bits per heavy atom. The number of carbonyl (C=O) groups is 1. The fourth-order valence-electron chi connectivity index (χ4n) is 2.62. The summed E-state index contributed by atoms with van der Waals surface area (Å²) in [6, 6.07) is 15.7. The largest absolute Gasteiger partial charge is 0.349 e. The van der Waals surface area contributed by atoms with Crippen LogP contribution in [0.1, 0.15) is 29.9 Å². The number of hydrogen-bond donors (Lipinski definition) is 1. The van der Waals surface area contributed by atoms with Crippen LogP contribution < -0.4 is 9.62 Å². The van der Waals surface area contributed by atoms with Gasteiger partial charge in [-0.15, -0.1) is 11.3 Å². The Bertz CT molecular complexity index is 1060. The summed E-state index contributed by atoms with van der Waals surface area (Å²) in [4.78, 5) is 13.2. The number of rotatable bonds is 6. The lowest BCUT2D eigenvalue weighted by Crippen LogP contribution is -2.31. The van der Waals surface area contributed by atoms with E-state index >= 15 is 0 Å². The minimum Gasteiger partial charge on any atom is -0.349 e. The Morgan fingerprint density at radius 3 is 2.52 bits per heavy atom. The van der Waals surface area contributed by atoms with Crippen molar-refractivity contribution in [3.63, 3.8) is 0 Å². The zero-order valence-electron chi connectivity index (χ0n) is 15.5. The summed E-state index contributed by atoms with van der Waals surface area (Å²) in [7, 11) is -2.10. The summed E-state index contributed by atoms with van der Waals surface area (Å²) in [6.07, 6.45) is 0.864. The highest BCUT2D eigenvalue weighted by molar-refractivity contribution is 7.92. The molecule has 1 aromatic heterocycles. The zero-order valence-corrected chi connectivity index (χ0v) is 17.1. The number of anilines is 1. The van der Waals surface area contributed by atoms with E-state index in [9.17, 15) is 13.2 Å². The molecule has 27 heavy (non-hydrogen) atoms. The van der Waals surface area contributed by atoms with Gasteiger partial charge in [0, 0.05) is 17.8 Å². The molecule has 0 saturated carbocycles. The van der Waals surface area contributed by atoms with Gasteiger partial charge >= 0.3 is 0 Å². The van der Waals surface area contributed by atoms with Crippen molar-refractivity contribution in [2.24, 2.45) is 0 Å². The summed E-state index contributed by atoms with van der Waals surface area (Å²) >= 11 is 1.40. The average molecular weight is 403 g/mol. The van der Waals surface area contributed by atoms with Crippen molar-refractivity contribution in [3.8, 4) is 0 Å². The van der Waals surface area contributed by atoms with E-state index in [4.69, 9.17) is 0 Å². The molecule has 1 heterocycles. The third kappa shape index (κ3) is 3.99. The lowest BCUT2D eigenvalue weighted by Gasteiger charge is -2.19. The quantitative estimate of drug-likeness (QED) is 0.670. The molecule has 7 heteroatoms. The third-order valence-corrected chi connectivity index (χ3v) is 7.39. The van der Waals surface area contributed by atoms with E-state index < -0.39 is 10.0 Å². The molecule has 0 saturated heterocycles. The fourth-order valence-corrected chi connectivity index (χ4v) is 4.78. The fraction of sp³-hybridized carbons (Fsp3) is 0.250. The van der Waals surface area contributed by atoms with E-state index in [2.05, 4.69) is 5.32 Å². The molecule has 2 aromatic carbocycles. The molecule has 0 spiro atoms. The third-order valence-electron chi connectivity index (χ3n) is 4.48. The molecule has 142 valence electrons. The Morgan fingerprint density at radius 2 is 1.85 bits per heavy atom. The second kappa shape index (κ2) is 7.70. The first kappa shape index (κ1) is 19.4. The van der Waals surface area contributed by atoms with Crippen LogP contribution in [0.15, 0.2) is 59.5 Å². The molecule has 5 nitrogen and oxygen atoms in total. The summed E-state index contributed by atoms with van der Waals surface area (Å²) in [5.74, 6) is -0.0997. The average Bonchev–Trinajstić information content (AvgIpc) is 3.11. The molecular formula is C20H22N2O3S2. The lowest BCUT2D eigenvalue weighted by molar-refractivity contribution is 0.0943. The van der Waals surface area contributed by atoms with Gasteiger partial charge in [-0.2, -0.15) is 0 Å². The van der Waals surface area contributed by atoms with Crippen LogP contribution in [-0.2, 0) is 10.0 Å². The molecule has 0 aliphatic rings. The molecule has 3 aromatic rings. The number of nitrogens with one attached hydrogen (secondary N) is 1. The molecule has 0 aliphatic carbocycles. The van der Waals surface area contributed by atoms with Gasteiger partial charge in [0.25, 0.3) is 15.9 Å². The number of amides is 1. The predicted molar refractivity (Wildman–Crippen MR) is 111 cm³/mol. The number of thiophene rings is 1. The monoisotopic (exact) mass is 402 g/mol. The van der Waals surface area contributed by atoms with Crippen molar-refractivity contribution in [3.05, 3.63) is 59.5 Å². The summed E-state index contributed by atoms with van der Waals surface area (Å²) in [5.41, 5.74) is 0.554. The van der Waals surface area contributed by atoms with Gasteiger partial charge in [-0.25, -0.2) is 8.42 Å². The van der Waals surface area contributed by atoms with Gasteiger partial charge in [0.2, 0.25) is 0 Å². The van der Waals surface area contributed by atoms with Gasteiger partial charge in [0.05, 0.1) is 15.5 Å². The smallest absolute Gasteiger partial charge is 0.264 e. The van der Waals surface area contributed by atoms with Gasteiger partial charge in [-0.05, 0) is 55.1 Å². The summed E-state index contributed by atoms with van der Waals surface area (Å²) in [5, 5.41) is 3.80. The number of carbonyl (C=O) groups excluding carboxylic acids is 1. The van der Waals surface area contributed by atoms with Crippen LogP contribution in [-0.4, -0.2) is 27.4 Å². The van der Waals surface area contributed by atoms with Crippen molar-refractivity contribution < 1.29 is 13.2 Å². The minimum absolute atomic E-state index is 0.0997. The molecule has 0 bridgehead atoms. The van der Waals surface area contributed by atoms with E-state index in [1.807, 2.05) is 26.0 Å². The topological polar surface area (TPSA) is 66.5 Å². The van der Waals surface area contributed by atoms with Crippen LogP contribution in [0.25, 0.3) is 10.1 Å². The van der Waals surface area contributed by atoms with Crippen LogP contribution in [0.4, 0.5) is 5.69 Å². The zero-order chi connectivity index (χ0) is 19.6. The standard InChI is InChI=1S/C20H22N2O3S2/c1-4-14(2)21-20(23)19-13-15-12-16(10-11-18(15)26-19)22(3)27(24,25)17-8-6-5-7-9-17/h5-14H,4H2,1-3H3,(H,21,23)/t14-/m0/s1. The van der Waals surface area contributed by atoms with Gasteiger partial charge in [0.15, 0.2) is 0 Å². The normalized spacial score (nSPS) is 12.7. The maximum Gasteiger partial charge on any atom is 0.264 e. The molecule has 3 rings (SSSR count). The highest BCUT2D eigenvalue weighted by Crippen LogP contribution is 2.31. The van der Waals surface area contributed by atoms with Crippen molar-refractivity contribution in [1.29, 1.82) is 0 Å².